The summed E-state index contributed by atoms with van der Waals surface area (Å²) >= 11 is 1.85. The van der Waals surface area contributed by atoms with Gasteiger partial charge in [-0.25, -0.2) is 4.98 Å². The number of carbonyl (C=O) groups excluding carboxylic acids is 1. The average Bonchev–Trinajstić information content (AvgIpc) is 3.84. The Morgan fingerprint density at radius 1 is 1.06 bits per heavy atom. The zero-order valence-corrected chi connectivity index (χ0v) is 20.9. The topological polar surface area (TPSA) is 101 Å². The van der Waals surface area contributed by atoms with E-state index >= 15 is 0 Å². The molecule has 9 heteroatoms. The number of amides is 1. The number of hydrogen-bond acceptors (Lipinski definition) is 7. The van der Waals surface area contributed by atoms with Crippen LogP contribution >= 0.6 is 11.8 Å². The second-order valence-corrected chi connectivity index (χ2v) is 10.6. The lowest BCUT2D eigenvalue weighted by Gasteiger charge is -2.11. The van der Waals surface area contributed by atoms with Gasteiger partial charge in [0.2, 0.25) is 6.41 Å². The van der Waals surface area contributed by atoms with Crippen LogP contribution in [-0.4, -0.2) is 41.1 Å². The van der Waals surface area contributed by atoms with E-state index in [9.17, 15) is 4.79 Å². The van der Waals surface area contributed by atoms with Crippen molar-refractivity contribution < 1.29 is 14.3 Å². The number of thioether (sulfide) groups is 1. The third kappa shape index (κ3) is 4.46. The minimum atomic E-state index is 0.320. The highest BCUT2D eigenvalue weighted by atomic mass is 32.2. The number of pyridine rings is 1. The van der Waals surface area contributed by atoms with Gasteiger partial charge >= 0.3 is 0 Å². The zero-order valence-electron chi connectivity index (χ0n) is 20.1. The van der Waals surface area contributed by atoms with Gasteiger partial charge in [-0.2, -0.15) is 5.10 Å². The molecule has 1 amide bonds. The van der Waals surface area contributed by atoms with Gasteiger partial charge in [0.05, 0.1) is 19.7 Å². The number of carbonyl (C=O) groups is 1. The highest BCUT2D eigenvalue weighted by Crippen LogP contribution is 2.57. The van der Waals surface area contributed by atoms with Crippen LogP contribution in [0.4, 0.5) is 17.3 Å². The highest BCUT2D eigenvalue weighted by Gasteiger charge is 2.41. The lowest BCUT2D eigenvalue weighted by Crippen LogP contribution is -1.99. The van der Waals surface area contributed by atoms with Crippen LogP contribution in [0.5, 0.6) is 11.5 Å². The number of anilines is 3. The second-order valence-electron chi connectivity index (χ2n) is 9.21. The number of benzene rings is 2. The Balaban J connectivity index is 1.22. The van der Waals surface area contributed by atoms with E-state index in [1.807, 2.05) is 42.2 Å². The number of H-pyrrole nitrogens is 1. The Morgan fingerprint density at radius 2 is 1.94 bits per heavy atom. The third-order valence-corrected chi connectivity index (χ3v) is 8.09. The monoisotopic (exact) mass is 501 g/mol. The number of aromatic nitrogens is 3. The maximum atomic E-state index is 11.1. The number of nitrogens with one attached hydrogen (secondary N) is 3. The zero-order chi connectivity index (χ0) is 24.6. The van der Waals surface area contributed by atoms with Gasteiger partial charge in [0.15, 0.2) is 17.4 Å². The summed E-state index contributed by atoms with van der Waals surface area (Å²) < 4.78 is 11.0. The molecule has 8 nitrogen and oxygen atoms in total. The van der Waals surface area contributed by atoms with Crippen molar-refractivity contribution in [2.75, 3.05) is 24.9 Å². The van der Waals surface area contributed by atoms with Crippen molar-refractivity contribution in [2.45, 2.75) is 41.2 Å². The van der Waals surface area contributed by atoms with Crippen LogP contribution in [0.2, 0.25) is 0 Å². The molecule has 2 unspecified atom stereocenters. The summed E-state index contributed by atoms with van der Waals surface area (Å²) in [6, 6.07) is 14.2. The summed E-state index contributed by atoms with van der Waals surface area (Å²) in [5, 5.41) is 15.5. The molecule has 0 radical (unpaired) electrons. The van der Waals surface area contributed by atoms with Gasteiger partial charge in [0.1, 0.15) is 5.75 Å². The largest absolute Gasteiger partial charge is 0.497 e. The fourth-order valence-electron chi connectivity index (χ4n) is 4.67. The van der Waals surface area contributed by atoms with E-state index < -0.39 is 0 Å². The van der Waals surface area contributed by atoms with Crippen LogP contribution in [0.25, 0.3) is 10.9 Å². The van der Waals surface area contributed by atoms with Crippen LogP contribution in [-0.2, 0) is 4.79 Å². The van der Waals surface area contributed by atoms with Crippen LogP contribution in [0.15, 0.2) is 53.6 Å². The third-order valence-electron chi connectivity index (χ3n) is 6.79. The molecule has 0 spiro atoms. The Morgan fingerprint density at radius 3 is 2.72 bits per heavy atom. The van der Waals surface area contributed by atoms with E-state index in [0.29, 0.717) is 34.5 Å². The molecule has 2 atom stereocenters. The normalized spacial score (nSPS) is 18.6. The standard InChI is InChI=1S/C27H27N5O3S/c1-34-16-4-8-23(29-14-33)22(10-16)21-12-20(21)15-3-7-19-24(9-15)31-32-26(19)30-27-25(35-2)11-18(13-28-27)36-17-5-6-17/h3-4,7-11,13-14,17,20-21H,5-6,12H2,1-2H3,(H,29,33)(H2,28,30,31,32). The molecule has 2 aromatic heterocycles. The molecule has 2 aliphatic rings. The van der Waals surface area contributed by atoms with Gasteiger partial charge in [-0.05, 0) is 78.6 Å². The molecule has 2 heterocycles. The number of fused-ring (bicyclic) bond motifs is 1. The first-order valence-corrected chi connectivity index (χ1v) is 12.9. The van der Waals surface area contributed by atoms with Gasteiger partial charge < -0.3 is 20.1 Å². The van der Waals surface area contributed by atoms with Gasteiger partial charge in [-0.3, -0.25) is 9.89 Å². The molecule has 3 N–H and O–H groups in total. The molecule has 2 aliphatic carbocycles. The number of hydrogen-bond donors (Lipinski definition) is 3. The Labute approximate surface area is 213 Å². The smallest absolute Gasteiger partial charge is 0.211 e. The van der Waals surface area contributed by atoms with Gasteiger partial charge in [-0.15, -0.1) is 11.8 Å². The molecule has 36 heavy (non-hydrogen) atoms. The van der Waals surface area contributed by atoms with Crippen molar-refractivity contribution in [2.24, 2.45) is 0 Å². The molecule has 0 aliphatic heterocycles. The van der Waals surface area contributed by atoms with E-state index in [0.717, 1.165) is 45.6 Å². The number of ether oxygens (including phenoxy) is 2. The molecule has 6 rings (SSSR count). The fraction of sp³-hybridized carbons (Fsp3) is 0.296. The first-order valence-electron chi connectivity index (χ1n) is 12.0. The number of methoxy groups -OCH3 is 2. The van der Waals surface area contributed by atoms with E-state index in [2.05, 4.69) is 44.0 Å². The summed E-state index contributed by atoms with van der Waals surface area (Å²) in [5.41, 5.74) is 4.12. The predicted molar refractivity (Wildman–Crippen MR) is 142 cm³/mol. The first-order chi connectivity index (χ1) is 17.7. The van der Waals surface area contributed by atoms with Gasteiger partial charge in [-0.1, -0.05) is 6.07 Å². The van der Waals surface area contributed by atoms with E-state index in [1.165, 1.54) is 18.4 Å². The maximum Gasteiger partial charge on any atom is 0.211 e. The average molecular weight is 502 g/mol. The molecule has 2 aromatic carbocycles. The molecular formula is C27H27N5O3S. The molecule has 0 saturated heterocycles. The van der Waals surface area contributed by atoms with Crippen molar-refractivity contribution in [3.05, 3.63) is 59.8 Å². The molecular weight excluding hydrogens is 474 g/mol. The highest BCUT2D eigenvalue weighted by molar-refractivity contribution is 8.00. The predicted octanol–water partition coefficient (Wildman–Crippen LogP) is 5.81. The quantitative estimate of drug-likeness (QED) is 0.236. The SMILES string of the molecule is COc1ccc(NC=O)c(C2CC2c2ccc3c(Nc4ncc(SC5CC5)cc4OC)n[nH]c3c2)c1. The van der Waals surface area contributed by atoms with Crippen molar-refractivity contribution >= 4 is 46.4 Å². The summed E-state index contributed by atoms with van der Waals surface area (Å²) in [7, 11) is 3.31. The maximum absolute atomic E-state index is 11.1. The minimum Gasteiger partial charge on any atom is -0.497 e. The lowest BCUT2D eigenvalue weighted by molar-refractivity contribution is -0.105. The van der Waals surface area contributed by atoms with E-state index in [1.54, 1.807) is 14.2 Å². The van der Waals surface area contributed by atoms with E-state index in [-0.39, 0.29) is 0 Å². The van der Waals surface area contributed by atoms with Crippen LogP contribution in [0, 0.1) is 0 Å². The number of aromatic amines is 1. The van der Waals surface area contributed by atoms with Crippen molar-refractivity contribution in [3.8, 4) is 11.5 Å². The van der Waals surface area contributed by atoms with E-state index in [4.69, 9.17) is 9.47 Å². The van der Waals surface area contributed by atoms with Crippen LogP contribution < -0.4 is 20.1 Å². The Hall–Kier alpha value is -3.72. The van der Waals surface area contributed by atoms with Crippen molar-refractivity contribution in [3.63, 3.8) is 0 Å². The van der Waals surface area contributed by atoms with Crippen molar-refractivity contribution in [1.82, 2.24) is 15.2 Å². The molecule has 4 aromatic rings. The Bertz CT molecular complexity index is 1430. The van der Waals surface area contributed by atoms with Crippen LogP contribution in [0.3, 0.4) is 0 Å². The summed E-state index contributed by atoms with van der Waals surface area (Å²) in [4.78, 5) is 16.8. The fourth-order valence-corrected chi connectivity index (χ4v) is 5.72. The number of rotatable bonds is 10. The Kier molecular flexibility index (Phi) is 5.92. The van der Waals surface area contributed by atoms with Crippen LogP contribution in [0.1, 0.15) is 42.2 Å². The number of nitrogens with zero attached hydrogens (tertiary/aromatic N) is 2. The molecule has 2 fully saturated rings. The molecule has 184 valence electrons. The first kappa shape index (κ1) is 22.7. The summed E-state index contributed by atoms with van der Waals surface area (Å²) in [6.45, 7) is 0. The summed E-state index contributed by atoms with van der Waals surface area (Å²) in [6.07, 6.45) is 6.16. The molecule has 2 saturated carbocycles. The lowest BCUT2D eigenvalue weighted by atomic mass is 10.0. The van der Waals surface area contributed by atoms with Crippen molar-refractivity contribution in [1.29, 1.82) is 0 Å². The van der Waals surface area contributed by atoms with Gasteiger partial charge in [0.25, 0.3) is 0 Å². The second kappa shape index (κ2) is 9.39. The van der Waals surface area contributed by atoms with Gasteiger partial charge in [0, 0.05) is 27.4 Å². The minimum absolute atomic E-state index is 0.320. The summed E-state index contributed by atoms with van der Waals surface area (Å²) in [5.74, 6) is 3.53. The molecule has 0 bridgehead atoms.